The molecule has 2 heterocycles. The number of fused-ring (bicyclic) bond motifs is 1. The van der Waals surface area contributed by atoms with E-state index in [4.69, 9.17) is 0 Å². The van der Waals surface area contributed by atoms with Crippen molar-refractivity contribution < 1.29 is 18.0 Å². The van der Waals surface area contributed by atoms with Crippen LogP contribution >= 0.6 is 0 Å². The van der Waals surface area contributed by atoms with Crippen molar-refractivity contribution >= 4 is 22.6 Å². The number of alkyl halides is 3. The molecule has 0 atom stereocenters. The van der Waals surface area contributed by atoms with Gasteiger partial charge < -0.3 is 5.32 Å². The van der Waals surface area contributed by atoms with Gasteiger partial charge in [0.1, 0.15) is 6.54 Å². The van der Waals surface area contributed by atoms with Crippen LogP contribution in [0.1, 0.15) is 46.8 Å². The first-order valence-electron chi connectivity index (χ1n) is 9.46. The molecule has 1 aromatic carbocycles. The molecule has 5 nitrogen and oxygen atoms in total. The molecular formula is C21H21F3N4O. The van der Waals surface area contributed by atoms with Crippen LogP contribution in [0.5, 0.6) is 0 Å². The molecule has 1 amide bonds. The fraction of sp³-hybridized carbons (Fsp3) is 0.381. The Balaban J connectivity index is 1.71. The molecule has 0 saturated heterocycles. The molecule has 152 valence electrons. The minimum absolute atomic E-state index is 0.0403. The van der Waals surface area contributed by atoms with Gasteiger partial charge in [-0.25, -0.2) is 9.67 Å². The molecule has 3 aromatic rings. The van der Waals surface area contributed by atoms with E-state index in [2.05, 4.69) is 15.4 Å². The Labute approximate surface area is 165 Å². The lowest BCUT2D eigenvalue weighted by Gasteiger charge is -2.12. The van der Waals surface area contributed by atoms with Gasteiger partial charge >= 0.3 is 6.18 Å². The quantitative estimate of drug-likeness (QED) is 0.676. The summed E-state index contributed by atoms with van der Waals surface area (Å²) in [6.07, 6.45) is -2.85. The first-order chi connectivity index (χ1) is 13.6. The Morgan fingerprint density at radius 3 is 2.62 bits per heavy atom. The average molecular weight is 402 g/mol. The zero-order valence-corrected chi connectivity index (χ0v) is 16.4. The van der Waals surface area contributed by atoms with Crippen molar-refractivity contribution in [3.63, 3.8) is 0 Å². The number of aromatic nitrogens is 3. The van der Waals surface area contributed by atoms with Gasteiger partial charge in [0.2, 0.25) is 5.91 Å². The summed E-state index contributed by atoms with van der Waals surface area (Å²) in [4.78, 5) is 17.0. The van der Waals surface area contributed by atoms with E-state index in [9.17, 15) is 18.0 Å². The fourth-order valence-corrected chi connectivity index (χ4v) is 3.51. The number of carbonyl (C=O) groups excluding carboxylic acids is 1. The van der Waals surface area contributed by atoms with E-state index in [0.29, 0.717) is 11.4 Å². The predicted molar refractivity (Wildman–Crippen MR) is 104 cm³/mol. The van der Waals surface area contributed by atoms with E-state index < -0.39 is 11.7 Å². The lowest BCUT2D eigenvalue weighted by Crippen LogP contribution is -2.20. The molecule has 1 N–H and O–H groups in total. The molecular weight excluding hydrogens is 381 g/mol. The zero-order valence-electron chi connectivity index (χ0n) is 16.4. The van der Waals surface area contributed by atoms with Crippen LogP contribution in [0.2, 0.25) is 0 Å². The van der Waals surface area contributed by atoms with Crippen LogP contribution in [0.15, 0.2) is 24.3 Å². The van der Waals surface area contributed by atoms with E-state index in [0.717, 1.165) is 30.0 Å². The van der Waals surface area contributed by atoms with Gasteiger partial charge in [-0.15, -0.1) is 0 Å². The maximum absolute atomic E-state index is 13.7. The molecule has 1 fully saturated rings. The number of anilines is 1. The van der Waals surface area contributed by atoms with Gasteiger partial charge in [-0.2, -0.15) is 18.3 Å². The highest BCUT2D eigenvalue weighted by atomic mass is 19.4. The van der Waals surface area contributed by atoms with E-state index in [-0.39, 0.29) is 35.1 Å². The molecule has 8 heteroatoms. The Morgan fingerprint density at radius 1 is 1.24 bits per heavy atom. The third-order valence-corrected chi connectivity index (χ3v) is 5.37. The second-order valence-corrected chi connectivity index (χ2v) is 7.60. The zero-order chi connectivity index (χ0) is 20.9. The van der Waals surface area contributed by atoms with Gasteiger partial charge in [-0.1, -0.05) is 12.1 Å². The normalized spacial score (nSPS) is 14.4. The summed E-state index contributed by atoms with van der Waals surface area (Å²) >= 11 is 0. The van der Waals surface area contributed by atoms with Gasteiger partial charge in [0.25, 0.3) is 0 Å². The largest absolute Gasteiger partial charge is 0.417 e. The summed E-state index contributed by atoms with van der Waals surface area (Å²) in [5.74, 6) is -0.316. The molecule has 1 aliphatic rings. The average Bonchev–Trinajstić information content (AvgIpc) is 3.44. The van der Waals surface area contributed by atoms with E-state index in [1.54, 1.807) is 6.07 Å². The Morgan fingerprint density at radius 2 is 1.97 bits per heavy atom. The van der Waals surface area contributed by atoms with Crippen molar-refractivity contribution in [2.45, 2.75) is 52.3 Å². The summed E-state index contributed by atoms with van der Waals surface area (Å²) in [5.41, 5.74) is 2.65. The Hall–Kier alpha value is -2.90. The minimum Gasteiger partial charge on any atom is -0.324 e. The molecule has 0 bridgehead atoms. The minimum atomic E-state index is -4.51. The summed E-state index contributed by atoms with van der Waals surface area (Å²) in [6, 6.07) is 6.70. The van der Waals surface area contributed by atoms with Crippen molar-refractivity contribution in [2.75, 3.05) is 5.32 Å². The summed E-state index contributed by atoms with van der Waals surface area (Å²) in [7, 11) is 0. The fourth-order valence-electron chi connectivity index (χ4n) is 3.51. The highest BCUT2D eigenvalue weighted by Crippen LogP contribution is 2.43. The van der Waals surface area contributed by atoms with Gasteiger partial charge in [-0.3, -0.25) is 4.79 Å². The molecule has 29 heavy (non-hydrogen) atoms. The lowest BCUT2D eigenvalue weighted by molar-refractivity contribution is -0.136. The molecule has 2 aromatic heterocycles. The van der Waals surface area contributed by atoms with Crippen molar-refractivity contribution in [2.24, 2.45) is 0 Å². The van der Waals surface area contributed by atoms with Crippen LogP contribution in [0.3, 0.4) is 0 Å². The van der Waals surface area contributed by atoms with E-state index >= 15 is 0 Å². The number of hydrogen-bond acceptors (Lipinski definition) is 3. The highest BCUT2D eigenvalue weighted by molar-refractivity contribution is 5.92. The molecule has 0 radical (unpaired) electrons. The van der Waals surface area contributed by atoms with Gasteiger partial charge in [-0.05, 0) is 56.9 Å². The highest BCUT2D eigenvalue weighted by Gasteiger charge is 2.37. The molecule has 0 unspecified atom stereocenters. The van der Waals surface area contributed by atoms with Gasteiger partial charge in [0.05, 0.1) is 16.6 Å². The number of hydrogen-bond donors (Lipinski definition) is 1. The number of pyridine rings is 1. The van der Waals surface area contributed by atoms with Crippen LogP contribution in [-0.4, -0.2) is 20.7 Å². The number of rotatable bonds is 4. The van der Waals surface area contributed by atoms with Crippen LogP contribution in [0, 0.1) is 20.8 Å². The van der Waals surface area contributed by atoms with Crippen LogP contribution in [0.25, 0.3) is 11.0 Å². The number of nitrogens with zero attached hydrogens (tertiary/aromatic N) is 3. The SMILES string of the molecule is Cc1cccc(NC(=O)Cn2nc(C)c3c(C(F)(F)F)cc(C4CC4)nc32)c1C. The van der Waals surface area contributed by atoms with Gasteiger partial charge in [0.15, 0.2) is 5.65 Å². The second-order valence-electron chi connectivity index (χ2n) is 7.60. The Bertz CT molecular complexity index is 1110. The summed E-state index contributed by atoms with van der Waals surface area (Å²) < 4.78 is 42.2. The maximum Gasteiger partial charge on any atom is 0.417 e. The van der Waals surface area contributed by atoms with Crippen molar-refractivity contribution in [3.8, 4) is 0 Å². The number of carbonyl (C=O) groups is 1. The third-order valence-electron chi connectivity index (χ3n) is 5.37. The van der Waals surface area contributed by atoms with E-state index in [1.165, 1.54) is 11.6 Å². The molecule has 4 rings (SSSR count). The number of amides is 1. The third kappa shape index (κ3) is 3.71. The van der Waals surface area contributed by atoms with Crippen molar-refractivity contribution in [1.82, 2.24) is 14.8 Å². The van der Waals surface area contributed by atoms with Gasteiger partial charge in [0, 0.05) is 17.3 Å². The topological polar surface area (TPSA) is 59.8 Å². The summed E-state index contributed by atoms with van der Waals surface area (Å²) in [5, 5.41) is 6.98. The first-order valence-corrected chi connectivity index (χ1v) is 9.46. The molecule has 0 spiro atoms. The Kier molecular flexibility index (Phi) is 4.59. The van der Waals surface area contributed by atoms with Crippen molar-refractivity contribution in [1.29, 1.82) is 0 Å². The number of nitrogens with one attached hydrogen (secondary N) is 1. The number of halogens is 3. The van der Waals surface area contributed by atoms with E-state index in [1.807, 2.05) is 26.0 Å². The predicted octanol–water partition coefficient (Wildman–Crippen LogP) is 4.89. The number of benzene rings is 1. The summed E-state index contributed by atoms with van der Waals surface area (Å²) in [6.45, 7) is 5.14. The smallest absolute Gasteiger partial charge is 0.324 e. The van der Waals surface area contributed by atoms with Crippen molar-refractivity contribution in [3.05, 3.63) is 52.3 Å². The van der Waals surface area contributed by atoms with Crippen LogP contribution < -0.4 is 5.32 Å². The molecule has 1 aliphatic carbocycles. The maximum atomic E-state index is 13.7. The molecule has 0 aliphatic heterocycles. The van der Waals surface area contributed by atoms with Crippen LogP contribution in [0.4, 0.5) is 18.9 Å². The van der Waals surface area contributed by atoms with Crippen LogP contribution in [-0.2, 0) is 17.5 Å². The monoisotopic (exact) mass is 402 g/mol. The first kappa shape index (κ1) is 19.4. The standard InChI is InChI=1S/C21H21F3N4O/c1-11-5-4-6-16(12(11)2)25-18(29)10-28-20-19(13(3)27-28)15(21(22,23)24)9-17(26-20)14-7-8-14/h4-6,9,14H,7-8,10H2,1-3H3,(H,25,29). The lowest BCUT2D eigenvalue weighted by atomic mass is 10.1. The molecule has 1 saturated carbocycles. The number of aryl methyl sites for hydroxylation is 2. The second kappa shape index (κ2) is 6.86.